The number of halogens is 2. The predicted octanol–water partition coefficient (Wildman–Crippen LogP) is 3.07. The number of phenols is 1. The van der Waals surface area contributed by atoms with Crippen LogP contribution < -0.4 is 5.32 Å². The van der Waals surface area contributed by atoms with Crippen molar-refractivity contribution in [1.82, 2.24) is 5.32 Å². The summed E-state index contributed by atoms with van der Waals surface area (Å²) in [6, 6.07) is 2.03. The topological polar surface area (TPSA) is 58.6 Å². The van der Waals surface area contributed by atoms with E-state index < -0.39 is 23.4 Å². The molecule has 1 saturated heterocycles. The van der Waals surface area contributed by atoms with Gasteiger partial charge < -0.3 is 15.2 Å². The molecule has 0 aliphatic carbocycles. The van der Waals surface area contributed by atoms with Crippen molar-refractivity contribution in [2.24, 2.45) is 5.41 Å². The lowest BCUT2D eigenvalue weighted by atomic mass is 9.79. The maximum atomic E-state index is 13.5. The summed E-state index contributed by atoms with van der Waals surface area (Å²) in [5, 5.41) is 12.7. The first-order valence-electron chi connectivity index (χ1n) is 5.73. The first kappa shape index (κ1) is 15.6. The highest BCUT2D eigenvalue weighted by Gasteiger charge is 2.39. The Bertz CT molecular complexity index is 505. The van der Waals surface area contributed by atoms with E-state index in [1.165, 1.54) is 12.1 Å². The van der Waals surface area contributed by atoms with Crippen molar-refractivity contribution in [3.05, 3.63) is 29.1 Å². The maximum absolute atomic E-state index is 13.5. The Hall–Kier alpha value is -1.49. The highest BCUT2D eigenvalue weighted by Crippen LogP contribution is 2.41. The number of benzene rings is 1. The Kier molecular flexibility index (Phi) is 4.30. The van der Waals surface area contributed by atoms with Crippen LogP contribution in [0.3, 0.4) is 0 Å². The summed E-state index contributed by atoms with van der Waals surface area (Å²) < 4.78 is 18.4. The molecule has 1 aliphatic rings. The van der Waals surface area contributed by atoms with E-state index in [0.717, 1.165) is 0 Å². The number of carbonyl (C=O) groups is 1. The third-order valence-electron chi connectivity index (χ3n) is 3.22. The standard InChI is InChI=1S/C13H16FNO3.ClH/c1-7-4-8(14)5-9(10(7)16)11-13(2,3)6-18-12(17)15-11;/h4-5,11,16H,6H2,1-3H3,(H,15,17);1H/t11-;/m0./s1. The first-order chi connectivity index (χ1) is 8.31. The normalized spacial score (nSPS) is 21.1. The average molecular weight is 290 g/mol. The molecule has 2 rings (SSSR count). The van der Waals surface area contributed by atoms with Gasteiger partial charge in [0.1, 0.15) is 18.2 Å². The number of phenolic OH excluding ortho intramolecular Hbond substituents is 1. The molecule has 0 saturated carbocycles. The molecule has 1 fully saturated rings. The number of aryl methyl sites for hydroxylation is 1. The molecule has 0 radical (unpaired) electrons. The number of amides is 1. The molecule has 1 atom stereocenters. The minimum absolute atomic E-state index is 0. The highest BCUT2D eigenvalue weighted by atomic mass is 35.5. The minimum atomic E-state index is -0.555. The SMILES string of the molecule is Cc1cc(F)cc([C@@H]2NC(=O)OCC2(C)C)c1O.Cl. The molecule has 0 unspecified atom stereocenters. The maximum Gasteiger partial charge on any atom is 0.407 e. The molecule has 0 bridgehead atoms. The zero-order valence-electron chi connectivity index (χ0n) is 11.0. The number of cyclic esters (lactones) is 1. The number of nitrogens with one attached hydrogen (secondary N) is 1. The van der Waals surface area contributed by atoms with Crippen molar-refractivity contribution in [2.75, 3.05) is 6.61 Å². The number of hydrogen-bond donors (Lipinski definition) is 2. The van der Waals surface area contributed by atoms with Crippen LogP contribution in [0.15, 0.2) is 12.1 Å². The minimum Gasteiger partial charge on any atom is -0.507 e. The van der Waals surface area contributed by atoms with Crippen LogP contribution in [0.1, 0.15) is 31.0 Å². The molecule has 6 heteroatoms. The van der Waals surface area contributed by atoms with Crippen LogP contribution in [0.2, 0.25) is 0 Å². The summed E-state index contributed by atoms with van der Waals surface area (Å²) in [6.07, 6.45) is -0.555. The van der Waals surface area contributed by atoms with E-state index >= 15 is 0 Å². The average Bonchev–Trinajstić information content (AvgIpc) is 2.27. The van der Waals surface area contributed by atoms with Crippen LogP contribution in [0.25, 0.3) is 0 Å². The van der Waals surface area contributed by atoms with E-state index in [2.05, 4.69) is 5.32 Å². The first-order valence-corrected chi connectivity index (χ1v) is 5.73. The zero-order chi connectivity index (χ0) is 13.5. The van der Waals surface area contributed by atoms with Crippen molar-refractivity contribution in [3.63, 3.8) is 0 Å². The molecule has 4 nitrogen and oxygen atoms in total. The molecule has 1 aromatic rings. The van der Waals surface area contributed by atoms with Gasteiger partial charge in [0, 0.05) is 11.0 Å². The Morgan fingerprint density at radius 1 is 1.47 bits per heavy atom. The summed E-state index contributed by atoms with van der Waals surface area (Å²) in [5.74, 6) is -0.423. The number of ether oxygens (including phenoxy) is 1. The van der Waals surface area contributed by atoms with E-state index in [1.54, 1.807) is 6.92 Å². The lowest BCUT2D eigenvalue weighted by molar-refractivity contribution is 0.0380. The molecule has 106 valence electrons. The molecule has 19 heavy (non-hydrogen) atoms. The van der Waals surface area contributed by atoms with E-state index in [4.69, 9.17) is 4.74 Å². The fraction of sp³-hybridized carbons (Fsp3) is 0.462. The van der Waals surface area contributed by atoms with Gasteiger partial charge in [0.2, 0.25) is 0 Å². The van der Waals surface area contributed by atoms with Crippen LogP contribution in [0.4, 0.5) is 9.18 Å². The Morgan fingerprint density at radius 3 is 2.74 bits per heavy atom. The Balaban J connectivity index is 0.00000180. The summed E-state index contributed by atoms with van der Waals surface area (Å²) in [7, 11) is 0. The van der Waals surface area contributed by atoms with E-state index in [9.17, 15) is 14.3 Å². The van der Waals surface area contributed by atoms with Crippen LogP contribution in [-0.2, 0) is 4.74 Å². The van der Waals surface area contributed by atoms with Gasteiger partial charge >= 0.3 is 6.09 Å². The van der Waals surface area contributed by atoms with E-state index in [-0.39, 0.29) is 24.8 Å². The lowest BCUT2D eigenvalue weighted by Gasteiger charge is -2.38. The molecular formula is C13H17ClFNO3. The number of rotatable bonds is 1. The van der Waals surface area contributed by atoms with Gasteiger partial charge in [-0.15, -0.1) is 12.4 Å². The summed E-state index contributed by atoms with van der Waals surface area (Å²) in [4.78, 5) is 11.3. The third kappa shape index (κ3) is 2.92. The molecule has 1 aliphatic heterocycles. The van der Waals surface area contributed by atoms with Crippen molar-refractivity contribution < 1.29 is 19.0 Å². The van der Waals surface area contributed by atoms with Crippen molar-refractivity contribution in [2.45, 2.75) is 26.8 Å². The Labute approximate surface area is 117 Å². The van der Waals surface area contributed by atoms with Gasteiger partial charge in [-0.2, -0.15) is 0 Å². The van der Waals surface area contributed by atoms with Crippen LogP contribution >= 0.6 is 12.4 Å². The van der Waals surface area contributed by atoms with Gasteiger partial charge in [0.15, 0.2) is 0 Å². The van der Waals surface area contributed by atoms with Crippen molar-refractivity contribution in [1.29, 1.82) is 0 Å². The fourth-order valence-corrected chi connectivity index (χ4v) is 2.17. The largest absolute Gasteiger partial charge is 0.507 e. The van der Waals surface area contributed by atoms with E-state index in [1.807, 2.05) is 13.8 Å². The van der Waals surface area contributed by atoms with Gasteiger partial charge in [-0.3, -0.25) is 0 Å². The predicted molar refractivity (Wildman–Crippen MR) is 71.1 cm³/mol. The number of hydrogen-bond acceptors (Lipinski definition) is 3. The summed E-state index contributed by atoms with van der Waals surface area (Å²) in [5.41, 5.74) is 0.404. The number of aromatic hydroxyl groups is 1. The van der Waals surface area contributed by atoms with Gasteiger partial charge in [-0.25, -0.2) is 9.18 Å². The zero-order valence-corrected chi connectivity index (χ0v) is 11.8. The molecule has 1 heterocycles. The molecule has 0 aromatic heterocycles. The molecule has 0 spiro atoms. The lowest BCUT2D eigenvalue weighted by Crippen LogP contribution is -2.47. The van der Waals surface area contributed by atoms with Gasteiger partial charge in [-0.1, -0.05) is 13.8 Å². The van der Waals surface area contributed by atoms with Crippen molar-refractivity contribution in [3.8, 4) is 5.75 Å². The fourth-order valence-electron chi connectivity index (χ4n) is 2.17. The Morgan fingerprint density at radius 2 is 2.11 bits per heavy atom. The number of alkyl carbamates (subject to hydrolysis) is 1. The molecule has 1 amide bonds. The molecule has 1 aromatic carbocycles. The second kappa shape index (κ2) is 5.25. The summed E-state index contributed by atoms with van der Waals surface area (Å²) >= 11 is 0. The van der Waals surface area contributed by atoms with Crippen molar-refractivity contribution >= 4 is 18.5 Å². The van der Waals surface area contributed by atoms with Gasteiger partial charge in [-0.05, 0) is 24.6 Å². The van der Waals surface area contributed by atoms with Crippen LogP contribution in [0, 0.1) is 18.2 Å². The third-order valence-corrected chi connectivity index (χ3v) is 3.22. The van der Waals surface area contributed by atoms with E-state index in [0.29, 0.717) is 11.1 Å². The highest BCUT2D eigenvalue weighted by molar-refractivity contribution is 5.85. The smallest absolute Gasteiger partial charge is 0.407 e. The number of carbonyl (C=O) groups excluding carboxylic acids is 1. The summed E-state index contributed by atoms with van der Waals surface area (Å²) in [6.45, 7) is 5.61. The van der Waals surface area contributed by atoms with Crippen LogP contribution in [0.5, 0.6) is 5.75 Å². The quantitative estimate of drug-likeness (QED) is 0.835. The van der Waals surface area contributed by atoms with Gasteiger partial charge in [0.25, 0.3) is 0 Å². The monoisotopic (exact) mass is 289 g/mol. The second-order valence-corrected chi connectivity index (χ2v) is 5.30. The molecule has 2 N–H and O–H groups in total. The van der Waals surface area contributed by atoms with Gasteiger partial charge in [0.05, 0.1) is 6.04 Å². The second-order valence-electron chi connectivity index (χ2n) is 5.30. The van der Waals surface area contributed by atoms with Crippen LogP contribution in [-0.4, -0.2) is 17.8 Å². The molecular weight excluding hydrogens is 273 g/mol.